The number of thiol groups is 1. The Morgan fingerprint density at radius 1 is 1.50 bits per heavy atom. The van der Waals surface area contributed by atoms with Gasteiger partial charge in [0.1, 0.15) is 0 Å². The Balaban J connectivity index is 2.80. The first-order chi connectivity index (χ1) is 6.59. The van der Waals surface area contributed by atoms with Crippen molar-refractivity contribution in [1.82, 2.24) is 0 Å². The maximum Gasteiger partial charge on any atom is 0.337 e. The van der Waals surface area contributed by atoms with Gasteiger partial charge in [-0.15, -0.1) is 24.0 Å². The number of carboxylic acid groups (broad SMARTS) is 1. The molecule has 0 aliphatic heterocycles. The Morgan fingerprint density at radius 3 is 2.86 bits per heavy atom. The summed E-state index contributed by atoms with van der Waals surface area (Å²) in [6.07, 6.45) is 0. The lowest BCUT2D eigenvalue weighted by molar-refractivity contribution is 0.0698. The average molecular weight is 225 g/mol. The van der Waals surface area contributed by atoms with Gasteiger partial charge in [0.2, 0.25) is 0 Å². The number of nitrogen functional groups attached to an aromatic ring is 1. The maximum atomic E-state index is 10.8. The zero-order valence-corrected chi connectivity index (χ0v) is 8.73. The van der Waals surface area contributed by atoms with Gasteiger partial charge in [-0.25, -0.2) is 4.79 Å². The largest absolute Gasteiger partial charge is 0.478 e. The Labute approximate surface area is 89.6 Å². The number of carboxylic acids is 1. The first kappa shape index (κ1) is 9.36. The van der Waals surface area contributed by atoms with Crippen LogP contribution in [0.2, 0.25) is 0 Å². The molecule has 14 heavy (non-hydrogen) atoms. The topological polar surface area (TPSA) is 63.3 Å². The summed E-state index contributed by atoms with van der Waals surface area (Å²) in [4.78, 5) is 10.8. The quantitative estimate of drug-likeness (QED) is 0.516. The molecule has 0 unspecified atom stereocenters. The Hall–Kier alpha value is -1.20. The highest BCUT2D eigenvalue weighted by atomic mass is 32.2. The van der Waals surface area contributed by atoms with Crippen molar-refractivity contribution in [3.63, 3.8) is 0 Å². The molecule has 0 aliphatic rings. The van der Waals surface area contributed by atoms with Gasteiger partial charge in [-0.05, 0) is 17.5 Å². The van der Waals surface area contributed by atoms with E-state index < -0.39 is 5.97 Å². The molecule has 1 aromatic heterocycles. The highest BCUT2D eigenvalue weighted by Gasteiger charge is 2.12. The molecule has 1 heterocycles. The molecule has 0 radical (unpaired) electrons. The standard InChI is InChI=1S/C9H7NO2S2/c10-7-5(9(11)12)2-1-4-3-6(13)14-8(4)7/h1-3,13H,10H2,(H,11,12). The minimum absolute atomic E-state index is 0.146. The van der Waals surface area contributed by atoms with Crippen molar-refractivity contribution in [2.75, 3.05) is 5.73 Å². The van der Waals surface area contributed by atoms with Crippen LogP contribution in [-0.4, -0.2) is 11.1 Å². The van der Waals surface area contributed by atoms with E-state index in [1.54, 1.807) is 6.07 Å². The SMILES string of the molecule is Nc1c(C(=O)O)ccc2cc(S)sc12. The third kappa shape index (κ3) is 1.34. The molecule has 0 aliphatic carbocycles. The number of fused-ring (bicyclic) bond motifs is 1. The van der Waals surface area contributed by atoms with E-state index in [0.29, 0.717) is 5.69 Å². The summed E-state index contributed by atoms with van der Waals surface area (Å²) in [5.41, 5.74) is 6.19. The van der Waals surface area contributed by atoms with E-state index in [2.05, 4.69) is 12.6 Å². The van der Waals surface area contributed by atoms with Crippen molar-refractivity contribution in [3.05, 3.63) is 23.8 Å². The van der Waals surface area contributed by atoms with E-state index in [1.807, 2.05) is 6.07 Å². The van der Waals surface area contributed by atoms with Crippen LogP contribution in [-0.2, 0) is 0 Å². The summed E-state index contributed by atoms with van der Waals surface area (Å²) in [6, 6.07) is 5.12. The van der Waals surface area contributed by atoms with Crippen LogP contribution >= 0.6 is 24.0 Å². The van der Waals surface area contributed by atoms with Gasteiger partial charge in [-0.3, -0.25) is 0 Å². The lowest BCUT2D eigenvalue weighted by Gasteiger charge is -2.00. The predicted molar refractivity (Wildman–Crippen MR) is 60.4 cm³/mol. The first-order valence-corrected chi connectivity index (χ1v) is 5.10. The van der Waals surface area contributed by atoms with E-state index in [0.717, 1.165) is 14.3 Å². The number of hydrogen-bond donors (Lipinski definition) is 3. The summed E-state index contributed by atoms with van der Waals surface area (Å²) in [5, 5.41) is 9.77. The third-order valence-corrected chi connectivity index (χ3v) is 3.33. The Bertz CT molecular complexity index is 519. The van der Waals surface area contributed by atoms with Crippen LogP contribution in [0, 0.1) is 0 Å². The van der Waals surface area contributed by atoms with Crippen LogP contribution in [0.15, 0.2) is 22.4 Å². The second-order valence-corrected chi connectivity index (χ2v) is 4.67. The number of anilines is 1. The van der Waals surface area contributed by atoms with Gasteiger partial charge in [0.05, 0.1) is 20.2 Å². The summed E-state index contributed by atoms with van der Waals surface area (Å²) < 4.78 is 1.61. The molecule has 3 N–H and O–H groups in total. The van der Waals surface area contributed by atoms with Crippen molar-refractivity contribution in [2.24, 2.45) is 0 Å². The van der Waals surface area contributed by atoms with E-state index in [4.69, 9.17) is 10.8 Å². The highest BCUT2D eigenvalue weighted by molar-refractivity contribution is 7.83. The number of aromatic carboxylic acids is 1. The highest BCUT2D eigenvalue weighted by Crippen LogP contribution is 2.34. The molecule has 72 valence electrons. The predicted octanol–water partition coefficient (Wildman–Crippen LogP) is 2.47. The van der Waals surface area contributed by atoms with Crippen LogP contribution in [0.4, 0.5) is 5.69 Å². The number of thiophene rings is 1. The molecular weight excluding hydrogens is 218 g/mol. The van der Waals surface area contributed by atoms with Crippen LogP contribution in [0.5, 0.6) is 0 Å². The van der Waals surface area contributed by atoms with Crippen molar-refractivity contribution in [1.29, 1.82) is 0 Å². The van der Waals surface area contributed by atoms with Gasteiger partial charge < -0.3 is 10.8 Å². The van der Waals surface area contributed by atoms with Crippen LogP contribution in [0.1, 0.15) is 10.4 Å². The molecule has 0 saturated carbocycles. The van der Waals surface area contributed by atoms with E-state index in [1.165, 1.54) is 17.4 Å². The zero-order valence-electron chi connectivity index (χ0n) is 7.02. The van der Waals surface area contributed by atoms with E-state index >= 15 is 0 Å². The molecule has 2 rings (SSSR count). The number of benzene rings is 1. The maximum absolute atomic E-state index is 10.8. The molecule has 5 heteroatoms. The number of rotatable bonds is 1. The molecule has 0 fully saturated rings. The van der Waals surface area contributed by atoms with Gasteiger partial charge in [0.25, 0.3) is 0 Å². The molecule has 0 amide bonds. The first-order valence-electron chi connectivity index (χ1n) is 3.84. The smallest absolute Gasteiger partial charge is 0.337 e. The lowest BCUT2D eigenvalue weighted by Crippen LogP contribution is -2.01. The summed E-state index contributed by atoms with van der Waals surface area (Å²) in [6.45, 7) is 0. The molecule has 0 atom stereocenters. The molecule has 0 saturated heterocycles. The fraction of sp³-hybridized carbons (Fsp3) is 0. The molecule has 3 nitrogen and oxygen atoms in total. The number of carbonyl (C=O) groups is 1. The molecule has 1 aromatic carbocycles. The van der Waals surface area contributed by atoms with Gasteiger partial charge in [-0.1, -0.05) is 6.07 Å². The molecule has 0 bridgehead atoms. The third-order valence-electron chi connectivity index (χ3n) is 1.94. The minimum Gasteiger partial charge on any atom is -0.478 e. The van der Waals surface area contributed by atoms with Gasteiger partial charge in [-0.2, -0.15) is 0 Å². The average Bonchev–Trinajstić information content (AvgIpc) is 2.46. The van der Waals surface area contributed by atoms with Gasteiger partial charge in [0.15, 0.2) is 0 Å². The van der Waals surface area contributed by atoms with Crippen molar-refractivity contribution >= 4 is 45.7 Å². The Morgan fingerprint density at radius 2 is 2.21 bits per heavy atom. The second kappa shape index (κ2) is 3.18. The van der Waals surface area contributed by atoms with Crippen LogP contribution in [0.3, 0.4) is 0 Å². The monoisotopic (exact) mass is 225 g/mol. The van der Waals surface area contributed by atoms with Gasteiger partial charge in [0, 0.05) is 0 Å². The van der Waals surface area contributed by atoms with Crippen LogP contribution in [0.25, 0.3) is 10.1 Å². The Kier molecular flexibility index (Phi) is 2.13. The van der Waals surface area contributed by atoms with E-state index in [-0.39, 0.29) is 5.56 Å². The number of nitrogens with two attached hydrogens (primary N) is 1. The zero-order chi connectivity index (χ0) is 10.3. The fourth-order valence-corrected chi connectivity index (χ4v) is 2.57. The summed E-state index contributed by atoms with van der Waals surface area (Å²) in [7, 11) is 0. The lowest BCUT2D eigenvalue weighted by atomic mass is 10.1. The number of hydrogen-bond acceptors (Lipinski definition) is 4. The molecule has 2 aromatic rings. The summed E-state index contributed by atoms with van der Waals surface area (Å²) in [5.74, 6) is -1.00. The van der Waals surface area contributed by atoms with E-state index in [9.17, 15) is 4.79 Å². The van der Waals surface area contributed by atoms with Crippen molar-refractivity contribution in [2.45, 2.75) is 4.21 Å². The summed E-state index contributed by atoms with van der Waals surface area (Å²) >= 11 is 5.58. The van der Waals surface area contributed by atoms with Crippen LogP contribution < -0.4 is 5.73 Å². The molecular formula is C9H7NO2S2. The van der Waals surface area contributed by atoms with Gasteiger partial charge >= 0.3 is 5.97 Å². The fourth-order valence-electron chi connectivity index (χ4n) is 1.30. The molecule has 0 spiro atoms. The minimum atomic E-state index is -1.00. The van der Waals surface area contributed by atoms with Crippen molar-refractivity contribution in [3.8, 4) is 0 Å². The normalized spacial score (nSPS) is 10.6. The van der Waals surface area contributed by atoms with Crippen molar-refractivity contribution < 1.29 is 9.90 Å². The second-order valence-electron chi connectivity index (χ2n) is 2.83.